The topological polar surface area (TPSA) is 37.3 Å². The van der Waals surface area contributed by atoms with Gasteiger partial charge < -0.3 is 5.11 Å². The molecule has 0 aliphatic heterocycles. The fourth-order valence-electron chi connectivity index (χ4n) is 1.83. The maximum Gasteiger partial charge on any atom is 0.194 e. The molecule has 2 heteroatoms. The van der Waals surface area contributed by atoms with Crippen molar-refractivity contribution < 1.29 is 9.90 Å². The molecule has 13 heavy (non-hydrogen) atoms. The first-order valence-corrected chi connectivity index (χ1v) is 4.52. The maximum absolute atomic E-state index is 11.7. The monoisotopic (exact) mass is 176 g/mol. The number of aliphatic hydroxyl groups is 1. The molecule has 2 nitrogen and oxygen atoms in total. The Labute approximate surface area is 77.2 Å². The third kappa shape index (κ3) is 1.10. The van der Waals surface area contributed by atoms with Gasteiger partial charge in [0.2, 0.25) is 0 Å². The highest BCUT2D eigenvalue weighted by Crippen LogP contribution is 2.31. The number of ketones is 1. The minimum atomic E-state index is -1.14. The number of carbonyl (C=O) groups excluding carboxylic acids is 1. The smallest absolute Gasteiger partial charge is 0.194 e. The minimum Gasteiger partial charge on any atom is -0.381 e. The van der Waals surface area contributed by atoms with Crippen LogP contribution in [-0.4, -0.2) is 16.5 Å². The van der Waals surface area contributed by atoms with Crippen molar-refractivity contribution in [3.05, 3.63) is 35.4 Å². The Hall–Kier alpha value is -1.15. The summed E-state index contributed by atoms with van der Waals surface area (Å²) in [5, 5.41) is 9.94. The van der Waals surface area contributed by atoms with Gasteiger partial charge in [0.05, 0.1) is 0 Å². The number of Topliss-reactive ketones (excluding diaryl/α,β-unsaturated/α-hetero) is 1. The summed E-state index contributed by atoms with van der Waals surface area (Å²) in [5.74, 6) is -0.120. The largest absolute Gasteiger partial charge is 0.381 e. The lowest BCUT2D eigenvalue weighted by molar-refractivity contribution is 0.0354. The number of benzene rings is 1. The van der Waals surface area contributed by atoms with Crippen LogP contribution in [0.2, 0.25) is 0 Å². The molecule has 68 valence electrons. The maximum atomic E-state index is 11.7. The third-order valence-electron chi connectivity index (χ3n) is 2.75. The lowest BCUT2D eigenvalue weighted by Crippen LogP contribution is -2.34. The van der Waals surface area contributed by atoms with Gasteiger partial charge in [0.1, 0.15) is 5.60 Å². The summed E-state index contributed by atoms with van der Waals surface area (Å²) in [7, 11) is 0. The van der Waals surface area contributed by atoms with Crippen molar-refractivity contribution in [1.82, 2.24) is 0 Å². The van der Waals surface area contributed by atoms with E-state index in [2.05, 4.69) is 0 Å². The van der Waals surface area contributed by atoms with E-state index in [1.54, 1.807) is 6.07 Å². The van der Waals surface area contributed by atoms with Crippen LogP contribution in [0.4, 0.5) is 0 Å². The van der Waals surface area contributed by atoms with Crippen LogP contribution in [0, 0.1) is 0 Å². The van der Waals surface area contributed by atoms with E-state index in [-0.39, 0.29) is 5.78 Å². The van der Waals surface area contributed by atoms with Gasteiger partial charge in [0.15, 0.2) is 5.78 Å². The molecule has 1 N–H and O–H groups in total. The number of hydrogen-bond donors (Lipinski definition) is 1. The highest BCUT2D eigenvalue weighted by Gasteiger charge is 2.41. The molecule has 0 aromatic heterocycles. The highest BCUT2D eigenvalue weighted by molar-refractivity contribution is 6.06. The Kier molecular flexibility index (Phi) is 1.74. The summed E-state index contributed by atoms with van der Waals surface area (Å²) >= 11 is 0. The van der Waals surface area contributed by atoms with Crippen molar-refractivity contribution in [3.8, 4) is 0 Å². The molecule has 0 unspecified atom stereocenters. The first kappa shape index (κ1) is 8.45. The van der Waals surface area contributed by atoms with E-state index < -0.39 is 5.60 Å². The highest BCUT2D eigenvalue weighted by atomic mass is 16.3. The Balaban J connectivity index is 2.50. The third-order valence-corrected chi connectivity index (χ3v) is 2.75. The van der Waals surface area contributed by atoms with Crippen molar-refractivity contribution in [1.29, 1.82) is 0 Å². The van der Waals surface area contributed by atoms with E-state index in [1.165, 1.54) is 0 Å². The van der Waals surface area contributed by atoms with Crippen molar-refractivity contribution in [2.45, 2.75) is 25.4 Å². The molecular weight excluding hydrogens is 164 g/mol. The molecule has 0 saturated heterocycles. The Morgan fingerprint density at radius 2 is 2.15 bits per heavy atom. The Bertz CT molecular complexity index is 357. The predicted molar refractivity (Wildman–Crippen MR) is 49.7 cm³/mol. The molecule has 1 aliphatic rings. The molecule has 1 atom stereocenters. The molecule has 0 spiro atoms. The summed E-state index contributed by atoms with van der Waals surface area (Å²) in [6, 6.07) is 7.41. The van der Waals surface area contributed by atoms with Gasteiger partial charge in [-0.15, -0.1) is 0 Å². The first-order chi connectivity index (χ1) is 6.17. The molecule has 1 aromatic carbocycles. The summed E-state index contributed by atoms with van der Waals surface area (Å²) in [4.78, 5) is 11.7. The quantitative estimate of drug-likeness (QED) is 0.705. The average Bonchev–Trinajstić information content (AvgIpc) is 2.41. The average molecular weight is 176 g/mol. The van der Waals surface area contributed by atoms with Gasteiger partial charge >= 0.3 is 0 Å². The lowest BCUT2D eigenvalue weighted by Gasteiger charge is -2.17. The fraction of sp³-hybridized carbons (Fsp3) is 0.364. The number of carbonyl (C=O) groups is 1. The van der Waals surface area contributed by atoms with Gasteiger partial charge in [-0.3, -0.25) is 4.79 Å². The summed E-state index contributed by atoms with van der Waals surface area (Å²) in [5.41, 5.74) is 0.521. The number of rotatable bonds is 1. The van der Waals surface area contributed by atoms with Crippen LogP contribution in [0.25, 0.3) is 0 Å². The summed E-state index contributed by atoms with van der Waals surface area (Å²) in [6.45, 7) is 1.84. The molecule has 1 aromatic rings. The molecule has 0 heterocycles. The molecule has 0 saturated carbocycles. The second-order valence-corrected chi connectivity index (χ2v) is 3.55. The van der Waals surface area contributed by atoms with E-state index in [9.17, 15) is 9.90 Å². The number of hydrogen-bond acceptors (Lipinski definition) is 2. The zero-order valence-corrected chi connectivity index (χ0v) is 7.58. The van der Waals surface area contributed by atoms with Crippen molar-refractivity contribution in [2.75, 3.05) is 0 Å². The molecular formula is C11H12O2. The fourth-order valence-corrected chi connectivity index (χ4v) is 1.83. The summed E-state index contributed by atoms with van der Waals surface area (Å²) in [6.07, 6.45) is 0.957. The van der Waals surface area contributed by atoms with Gasteiger partial charge in [-0.2, -0.15) is 0 Å². The van der Waals surface area contributed by atoms with E-state index in [0.717, 1.165) is 5.56 Å². The van der Waals surface area contributed by atoms with Gasteiger partial charge in [-0.25, -0.2) is 0 Å². The standard InChI is InChI=1S/C11H12O2/c1-2-11(13)7-8-5-3-4-6-9(8)10(11)12/h3-6,13H,2,7H2,1H3/t11-/m1/s1. The van der Waals surface area contributed by atoms with Crippen LogP contribution >= 0.6 is 0 Å². The van der Waals surface area contributed by atoms with Crippen LogP contribution in [0.5, 0.6) is 0 Å². The van der Waals surface area contributed by atoms with Crippen LogP contribution in [-0.2, 0) is 6.42 Å². The second-order valence-electron chi connectivity index (χ2n) is 3.55. The number of fused-ring (bicyclic) bond motifs is 1. The molecule has 1 aliphatic carbocycles. The molecule has 2 rings (SSSR count). The summed E-state index contributed by atoms with van der Waals surface area (Å²) < 4.78 is 0. The van der Waals surface area contributed by atoms with Gasteiger partial charge in [0, 0.05) is 12.0 Å². The normalized spacial score (nSPS) is 26.2. The van der Waals surface area contributed by atoms with Crippen LogP contribution in [0.15, 0.2) is 24.3 Å². The first-order valence-electron chi connectivity index (χ1n) is 4.52. The van der Waals surface area contributed by atoms with E-state index in [4.69, 9.17) is 0 Å². The Morgan fingerprint density at radius 1 is 1.46 bits per heavy atom. The van der Waals surface area contributed by atoms with E-state index in [0.29, 0.717) is 18.4 Å². The minimum absolute atomic E-state index is 0.120. The molecule has 0 fully saturated rings. The SMILES string of the molecule is CC[C@@]1(O)Cc2ccccc2C1=O. The van der Waals surface area contributed by atoms with Crippen LogP contribution in [0.3, 0.4) is 0 Å². The van der Waals surface area contributed by atoms with E-state index in [1.807, 2.05) is 25.1 Å². The zero-order chi connectivity index (χ0) is 9.47. The lowest BCUT2D eigenvalue weighted by atomic mass is 9.96. The zero-order valence-electron chi connectivity index (χ0n) is 7.58. The predicted octanol–water partition coefficient (Wildman–Crippen LogP) is 1.57. The Morgan fingerprint density at radius 3 is 2.77 bits per heavy atom. The van der Waals surface area contributed by atoms with Crippen LogP contribution < -0.4 is 0 Å². The van der Waals surface area contributed by atoms with E-state index >= 15 is 0 Å². The second kappa shape index (κ2) is 2.67. The van der Waals surface area contributed by atoms with Gasteiger partial charge in [-0.05, 0) is 12.0 Å². The van der Waals surface area contributed by atoms with Gasteiger partial charge in [-0.1, -0.05) is 31.2 Å². The molecule has 0 radical (unpaired) electrons. The molecule has 0 bridgehead atoms. The van der Waals surface area contributed by atoms with Gasteiger partial charge in [0.25, 0.3) is 0 Å². The van der Waals surface area contributed by atoms with Crippen LogP contribution in [0.1, 0.15) is 29.3 Å². The van der Waals surface area contributed by atoms with Crippen molar-refractivity contribution in [2.24, 2.45) is 0 Å². The van der Waals surface area contributed by atoms with Crippen molar-refractivity contribution >= 4 is 5.78 Å². The molecule has 0 amide bonds. The van der Waals surface area contributed by atoms with Crippen molar-refractivity contribution in [3.63, 3.8) is 0 Å².